The number of Topliss-reactive ketones (excluding diaryl/α,β-unsaturated/α-hetero) is 1. The van der Waals surface area contributed by atoms with Crippen LogP contribution in [0.15, 0.2) is 77.7 Å². The lowest BCUT2D eigenvalue weighted by molar-refractivity contribution is -0.127. The van der Waals surface area contributed by atoms with Crippen molar-refractivity contribution >= 4 is 32.5 Å². The van der Waals surface area contributed by atoms with Gasteiger partial charge < -0.3 is 5.32 Å². The fourth-order valence-corrected chi connectivity index (χ4v) is 5.63. The van der Waals surface area contributed by atoms with Gasteiger partial charge in [0.2, 0.25) is 15.9 Å². The molecular formula is C27H31N3O4S. The van der Waals surface area contributed by atoms with Crippen LogP contribution in [0, 0.1) is 5.92 Å². The summed E-state index contributed by atoms with van der Waals surface area (Å²) < 4.78 is 28.9. The minimum Gasteiger partial charge on any atom is -0.344 e. The summed E-state index contributed by atoms with van der Waals surface area (Å²) >= 11 is 0. The van der Waals surface area contributed by atoms with Gasteiger partial charge in [-0.2, -0.15) is 4.72 Å². The van der Waals surface area contributed by atoms with Gasteiger partial charge in [0.15, 0.2) is 5.78 Å². The van der Waals surface area contributed by atoms with Crippen LogP contribution in [0.4, 0.5) is 0 Å². The van der Waals surface area contributed by atoms with Gasteiger partial charge in [0.1, 0.15) is 12.1 Å². The van der Waals surface area contributed by atoms with Crippen LogP contribution in [-0.2, 0) is 26.2 Å². The van der Waals surface area contributed by atoms with Crippen molar-refractivity contribution in [3.8, 4) is 0 Å². The number of hydrogen-bond acceptors (Lipinski definition) is 5. The Morgan fingerprint density at radius 1 is 1.00 bits per heavy atom. The maximum atomic E-state index is 13.2. The van der Waals surface area contributed by atoms with Crippen molar-refractivity contribution in [1.29, 1.82) is 0 Å². The van der Waals surface area contributed by atoms with E-state index in [0.717, 1.165) is 16.3 Å². The van der Waals surface area contributed by atoms with Crippen LogP contribution in [0.2, 0.25) is 0 Å². The zero-order valence-corrected chi connectivity index (χ0v) is 20.8. The summed E-state index contributed by atoms with van der Waals surface area (Å²) in [6, 6.07) is 20.6. The second-order valence-electron chi connectivity index (χ2n) is 9.50. The first-order valence-electron chi connectivity index (χ1n) is 11.8. The maximum absolute atomic E-state index is 13.2. The largest absolute Gasteiger partial charge is 0.344 e. The Morgan fingerprint density at radius 2 is 1.69 bits per heavy atom. The molecule has 0 aliphatic carbocycles. The van der Waals surface area contributed by atoms with E-state index in [0.29, 0.717) is 19.5 Å². The number of hydrogen-bond donors (Lipinski definition) is 2. The first kappa shape index (κ1) is 25.0. The van der Waals surface area contributed by atoms with Crippen LogP contribution in [0.3, 0.4) is 0 Å². The normalized spacial score (nSPS) is 17.7. The van der Waals surface area contributed by atoms with Crippen molar-refractivity contribution in [3.63, 3.8) is 0 Å². The molecule has 35 heavy (non-hydrogen) atoms. The van der Waals surface area contributed by atoms with E-state index < -0.39 is 28.0 Å². The molecule has 0 radical (unpaired) electrons. The summed E-state index contributed by atoms with van der Waals surface area (Å²) in [4.78, 5) is 27.8. The molecule has 0 aromatic heterocycles. The molecule has 1 heterocycles. The molecule has 1 saturated heterocycles. The number of carbonyl (C=O) groups excluding carboxylic acids is 2. The van der Waals surface area contributed by atoms with Gasteiger partial charge >= 0.3 is 0 Å². The monoisotopic (exact) mass is 493 g/mol. The average molecular weight is 494 g/mol. The number of nitrogens with one attached hydrogen (secondary N) is 2. The summed E-state index contributed by atoms with van der Waals surface area (Å²) in [7, 11) is -3.95. The summed E-state index contributed by atoms with van der Waals surface area (Å²) in [6.07, 6.45) is 0.313. The van der Waals surface area contributed by atoms with Crippen LogP contribution in [0.1, 0.15) is 25.8 Å². The molecule has 4 rings (SSSR count). The molecule has 0 saturated carbocycles. The average Bonchev–Trinajstić information content (AvgIpc) is 3.16. The number of ketones is 1. The highest BCUT2D eigenvalue weighted by atomic mass is 32.2. The predicted octanol–water partition coefficient (Wildman–Crippen LogP) is 3.10. The van der Waals surface area contributed by atoms with Gasteiger partial charge in [0.25, 0.3) is 0 Å². The standard InChI is InChI=1S/C27H31N3O4S/c1-19(2)14-24(29-35(33,34)23-13-12-21-10-6-7-11-22(21)15-23)27(32)28-25-17-30(18-26(25)31)16-20-8-4-3-5-9-20/h3-13,15,19,24-25,29H,14,16-18H2,1-2H3,(H,28,32)/t24-,25?/m0/s1. The molecule has 0 bridgehead atoms. The molecule has 1 amide bonds. The van der Waals surface area contributed by atoms with E-state index >= 15 is 0 Å². The second-order valence-corrected chi connectivity index (χ2v) is 11.2. The van der Waals surface area contributed by atoms with Crippen LogP contribution in [-0.4, -0.2) is 50.2 Å². The highest BCUT2D eigenvalue weighted by Crippen LogP contribution is 2.20. The summed E-state index contributed by atoms with van der Waals surface area (Å²) in [5.74, 6) is -0.489. The smallest absolute Gasteiger partial charge is 0.241 e. The minimum atomic E-state index is -3.95. The number of benzene rings is 3. The lowest BCUT2D eigenvalue weighted by atomic mass is 10.0. The third-order valence-electron chi connectivity index (χ3n) is 6.13. The van der Waals surface area contributed by atoms with Crippen molar-refractivity contribution in [3.05, 3.63) is 78.4 Å². The zero-order valence-electron chi connectivity index (χ0n) is 20.0. The Hall–Kier alpha value is -3.07. The van der Waals surface area contributed by atoms with Crippen molar-refractivity contribution in [2.24, 2.45) is 5.92 Å². The van der Waals surface area contributed by atoms with Crippen molar-refractivity contribution in [1.82, 2.24) is 14.9 Å². The van der Waals surface area contributed by atoms with E-state index in [1.165, 1.54) is 6.07 Å². The van der Waals surface area contributed by atoms with Crippen LogP contribution in [0.25, 0.3) is 10.8 Å². The van der Waals surface area contributed by atoms with Crippen molar-refractivity contribution in [2.45, 2.75) is 43.8 Å². The Morgan fingerprint density at radius 3 is 2.40 bits per heavy atom. The zero-order chi connectivity index (χ0) is 25.0. The van der Waals surface area contributed by atoms with E-state index in [1.807, 2.05) is 73.3 Å². The molecular weight excluding hydrogens is 462 g/mol. The third kappa shape index (κ3) is 6.33. The molecule has 8 heteroatoms. The predicted molar refractivity (Wildman–Crippen MR) is 136 cm³/mol. The topological polar surface area (TPSA) is 95.6 Å². The molecule has 1 aliphatic heterocycles. The van der Waals surface area contributed by atoms with Crippen LogP contribution < -0.4 is 10.0 Å². The fourth-order valence-electron chi connectivity index (χ4n) is 4.39. The van der Waals surface area contributed by atoms with Crippen LogP contribution in [0.5, 0.6) is 0 Å². The number of amides is 1. The highest BCUT2D eigenvalue weighted by molar-refractivity contribution is 7.89. The first-order chi connectivity index (χ1) is 16.7. The van der Waals surface area contributed by atoms with Gasteiger partial charge in [-0.15, -0.1) is 0 Å². The Balaban J connectivity index is 1.45. The number of likely N-dealkylation sites (tertiary alicyclic amines) is 1. The summed E-state index contributed by atoms with van der Waals surface area (Å²) in [6.45, 7) is 5.10. The third-order valence-corrected chi connectivity index (χ3v) is 7.60. The molecule has 1 aliphatic rings. The molecule has 184 valence electrons. The van der Waals surface area contributed by atoms with E-state index in [-0.39, 0.29) is 23.1 Å². The first-order valence-corrected chi connectivity index (χ1v) is 13.3. The number of rotatable bonds is 9. The SMILES string of the molecule is CC(C)C[C@H](NS(=O)(=O)c1ccc2ccccc2c1)C(=O)NC1CN(Cc2ccccc2)CC1=O. The number of carbonyl (C=O) groups is 2. The van der Waals surface area contributed by atoms with E-state index in [1.54, 1.807) is 12.1 Å². The number of sulfonamides is 1. The molecule has 3 aromatic carbocycles. The minimum absolute atomic E-state index is 0.0684. The number of nitrogens with zero attached hydrogens (tertiary/aromatic N) is 1. The molecule has 7 nitrogen and oxygen atoms in total. The quantitative estimate of drug-likeness (QED) is 0.478. The van der Waals surface area contributed by atoms with E-state index in [4.69, 9.17) is 0 Å². The Kier molecular flexibility index (Phi) is 7.64. The van der Waals surface area contributed by atoms with Crippen molar-refractivity contribution < 1.29 is 18.0 Å². The van der Waals surface area contributed by atoms with Crippen molar-refractivity contribution in [2.75, 3.05) is 13.1 Å². The molecule has 2 N–H and O–H groups in total. The molecule has 3 aromatic rings. The van der Waals surface area contributed by atoms with Gasteiger partial charge in [0.05, 0.1) is 11.4 Å². The van der Waals surface area contributed by atoms with Gasteiger partial charge in [-0.05, 0) is 40.8 Å². The van der Waals surface area contributed by atoms with E-state index in [9.17, 15) is 18.0 Å². The fraction of sp³-hybridized carbons (Fsp3) is 0.333. The molecule has 1 fully saturated rings. The Bertz CT molecular complexity index is 1310. The van der Waals surface area contributed by atoms with Gasteiger partial charge in [-0.1, -0.05) is 74.5 Å². The lowest BCUT2D eigenvalue weighted by Crippen LogP contribution is -2.52. The van der Waals surface area contributed by atoms with Gasteiger partial charge in [-0.25, -0.2) is 8.42 Å². The molecule has 2 atom stereocenters. The summed E-state index contributed by atoms with van der Waals surface area (Å²) in [5.41, 5.74) is 1.09. The highest BCUT2D eigenvalue weighted by Gasteiger charge is 2.34. The lowest BCUT2D eigenvalue weighted by Gasteiger charge is -2.22. The van der Waals surface area contributed by atoms with E-state index in [2.05, 4.69) is 10.0 Å². The molecule has 1 unspecified atom stereocenters. The molecule has 0 spiro atoms. The Labute approximate surface area is 206 Å². The maximum Gasteiger partial charge on any atom is 0.241 e. The second kappa shape index (κ2) is 10.7. The summed E-state index contributed by atoms with van der Waals surface area (Å²) in [5, 5.41) is 4.53. The number of fused-ring (bicyclic) bond motifs is 1. The van der Waals surface area contributed by atoms with Gasteiger partial charge in [0, 0.05) is 13.1 Å². The van der Waals surface area contributed by atoms with Crippen LogP contribution >= 0.6 is 0 Å². The van der Waals surface area contributed by atoms with Gasteiger partial charge in [-0.3, -0.25) is 14.5 Å².